The highest BCUT2D eigenvalue weighted by Gasteiger charge is 2.18. The summed E-state index contributed by atoms with van der Waals surface area (Å²) in [5.41, 5.74) is 2.14. The van der Waals surface area contributed by atoms with E-state index in [1.165, 1.54) is 24.3 Å². The van der Waals surface area contributed by atoms with Crippen LogP contribution in [0.1, 0.15) is 21.5 Å². The Bertz CT molecular complexity index is 1330. The largest absolute Gasteiger partial charge is 0.375 e. The summed E-state index contributed by atoms with van der Waals surface area (Å²) < 4.78 is 25.4. The topological polar surface area (TPSA) is 130 Å². The van der Waals surface area contributed by atoms with Crippen LogP contribution in [0.25, 0.3) is 0 Å². The van der Waals surface area contributed by atoms with E-state index in [0.29, 0.717) is 22.0 Å². The van der Waals surface area contributed by atoms with Crippen molar-refractivity contribution in [3.05, 3.63) is 92.5 Å². The number of sulfonamides is 1. The van der Waals surface area contributed by atoms with Gasteiger partial charge in [-0.05, 0) is 48.4 Å². The maximum atomic E-state index is 12.7. The number of benzene rings is 3. The number of halogens is 1. The van der Waals surface area contributed by atoms with Gasteiger partial charge in [0.1, 0.15) is 5.69 Å². The van der Waals surface area contributed by atoms with Gasteiger partial charge in [0.2, 0.25) is 10.0 Å². The average Bonchev–Trinajstić information content (AvgIpc) is 2.74. The van der Waals surface area contributed by atoms with Crippen molar-refractivity contribution in [3.8, 4) is 0 Å². The number of amides is 1. The van der Waals surface area contributed by atoms with Crippen molar-refractivity contribution in [3.63, 3.8) is 0 Å². The number of rotatable bonds is 8. The van der Waals surface area contributed by atoms with Gasteiger partial charge in [-0.2, -0.15) is 0 Å². The van der Waals surface area contributed by atoms with Crippen LogP contribution in [-0.4, -0.2) is 25.5 Å². The average molecular weight is 489 g/mol. The first-order valence-electron chi connectivity index (χ1n) is 9.69. The van der Waals surface area contributed by atoms with Crippen molar-refractivity contribution < 1.29 is 18.1 Å². The lowest BCUT2D eigenvalue weighted by Crippen LogP contribution is -2.14. The molecule has 0 aliphatic rings. The van der Waals surface area contributed by atoms with Crippen LogP contribution in [0.2, 0.25) is 5.02 Å². The number of carbonyl (C=O) groups is 1. The molecule has 0 saturated heterocycles. The van der Waals surface area contributed by atoms with Gasteiger partial charge in [0.25, 0.3) is 11.6 Å². The second kappa shape index (κ2) is 9.88. The van der Waals surface area contributed by atoms with Crippen LogP contribution >= 0.6 is 11.6 Å². The Kier molecular flexibility index (Phi) is 7.19. The van der Waals surface area contributed by atoms with Gasteiger partial charge in [0.15, 0.2) is 0 Å². The molecule has 0 aliphatic carbocycles. The van der Waals surface area contributed by atoms with E-state index >= 15 is 0 Å². The van der Waals surface area contributed by atoms with Crippen molar-refractivity contribution in [1.29, 1.82) is 0 Å². The van der Waals surface area contributed by atoms with Crippen molar-refractivity contribution >= 4 is 50.3 Å². The first-order valence-corrected chi connectivity index (χ1v) is 12.0. The second-order valence-electron chi connectivity index (χ2n) is 7.29. The molecule has 172 valence electrons. The van der Waals surface area contributed by atoms with Gasteiger partial charge < -0.3 is 10.6 Å². The molecular weight excluding hydrogens is 468 g/mol. The molecule has 0 saturated carbocycles. The highest BCUT2D eigenvalue weighted by molar-refractivity contribution is 7.92. The summed E-state index contributed by atoms with van der Waals surface area (Å²) in [4.78, 5) is 23.7. The summed E-state index contributed by atoms with van der Waals surface area (Å²) in [5.74, 6) is -0.579. The zero-order valence-electron chi connectivity index (χ0n) is 17.8. The molecule has 3 aromatic rings. The standard InChI is InChI=1S/C22H21ClN4O5S/c1-14-7-9-17(12-20(14)26-33(2,31)32)25-22(28)15-8-10-19(21(11-15)27(29)30)24-13-16-5-3-4-6-18(16)23/h3-12,24,26H,13H2,1-2H3,(H,25,28). The lowest BCUT2D eigenvalue weighted by molar-refractivity contribution is -0.384. The molecule has 0 fully saturated rings. The summed E-state index contributed by atoms with van der Waals surface area (Å²) >= 11 is 6.13. The number of carbonyl (C=O) groups excluding carboxylic acids is 1. The molecule has 0 spiro atoms. The molecule has 3 N–H and O–H groups in total. The van der Waals surface area contributed by atoms with E-state index in [1.54, 1.807) is 37.3 Å². The fourth-order valence-corrected chi connectivity index (χ4v) is 3.84. The molecule has 0 radical (unpaired) electrons. The fraction of sp³-hybridized carbons (Fsp3) is 0.136. The van der Waals surface area contributed by atoms with E-state index in [-0.39, 0.29) is 23.5 Å². The van der Waals surface area contributed by atoms with Gasteiger partial charge in [-0.1, -0.05) is 35.9 Å². The van der Waals surface area contributed by atoms with Gasteiger partial charge in [-0.3, -0.25) is 19.6 Å². The molecule has 0 bridgehead atoms. The summed E-state index contributed by atoms with van der Waals surface area (Å²) in [5, 5.41) is 17.7. The van der Waals surface area contributed by atoms with Gasteiger partial charge in [0.05, 0.1) is 16.9 Å². The third kappa shape index (κ3) is 6.43. The maximum Gasteiger partial charge on any atom is 0.293 e. The molecule has 0 heterocycles. The first kappa shape index (κ1) is 24.0. The van der Waals surface area contributed by atoms with Crippen LogP contribution in [0.5, 0.6) is 0 Å². The number of nitro groups is 1. The number of hydrogen-bond acceptors (Lipinski definition) is 6. The minimum absolute atomic E-state index is 0.0724. The molecule has 3 aromatic carbocycles. The van der Waals surface area contributed by atoms with E-state index in [4.69, 9.17) is 11.6 Å². The monoisotopic (exact) mass is 488 g/mol. The Labute approximate surface area is 196 Å². The Morgan fingerprint density at radius 3 is 2.45 bits per heavy atom. The number of nitrogens with zero attached hydrogens (tertiary/aromatic N) is 1. The molecular formula is C22H21ClN4O5S. The molecule has 0 aromatic heterocycles. The second-order valence-corrected chi connectivity index (χ2v) is 9.45. The molecule has 1 amide bonds. The SMILES string of the molecule is Cc1ccc(NC(=O)c2ccc(NCc3ccccc3Cl)c([N+](=O)[O-])c2)cc1NS(C)(=O)=O. The number of nitro benzene ring substituents is 1. The smallest absolute Gasteiger partial charge is 0.293 e. The molecule has 0 unspecified atom stereocenters. The van der Waals surface area contributed by atoms with Gasteiger partial charge >= 0.3 is 0 Å². The zero-order chi connectivity index (χ0) is 24.2. The minimum atomic E-state index is -3.50. The molecule has 3 rings (SSSR count). The van der Waals surface area contributed by atoms with Crippen molar-refractivity contribution in [2.75, 3.05) is 21.6 Å². The molecule has 9 nitrogen and oxygen atoms in total. The van der Waals surface area contributed by atoms with E-state index in [0.717, 1.165) is 11.8 Å². The van der Waals surface area contributed by atoms with Crippen LogP contribution < -0.4 is 15.4 Å². The number of anilines is 3. The van der Waals surface area contributed by atoms with Gasteiger partial charge in [-0.15, -0.1) is 0 Å². The Hall–Kier alpha value is -3.63. The molecule has 0 atom stereocenters. The van der Waals surface area contributed by atoms with Crippen LogP contribution in [0, 0.1) is 17.0 Å². The van der Waals surface area contributed by atoms with Gasteiger partial charge in [0, 0.05) is 28.9 Å². The fourth-order valence-electron chi connectivity index (χ4n) is 3.02. The number of nitrogens with one attached hydrogen (secondary N) is 3. The van der Waals surface area contributed by atoms with Crippen LogP contribution in [0.3, 0.4) is 0 Å². The minimum Gasteiger partial charge on any atom is -0.375 e. The van der Waals surface area contributed by atoms with E-state index in [2.05, 4.69) is 15.4 Å². The number of aryl methyl sites for hydroxylation is 1. The van der Waals surface area contributed by atoms with Crippen LogP contribution in [0.15, 0.2) is 60.7 Å². The lowest BCUT2D eigenvalue weighted by Gasteiger charge is -2.12. The lowest BCUT2D eigenvalue weighted by atomic mass is 10.1. The van der Waals surface area contributed by atoms with E-state index in [9.17, 15) is 23.3 Å². The van der Waals surface area contributed by atoms with E-state index < -0.39 is 20.9 Å². The zero-order valence-corrected chi connectivity index (χ0v) is 19.3. The van der Waals surface area contributed by atoms with Gasteiger partial charge in [-0.25, -0.2) is 8.42 Å². The Morgan fingerprint density at radius 2 is 1.79 bits per heavy atom. The van der Waals surface area contributed by atoms with Crippen molar-refractivity contribution in [2.45, 2.75) is 13.5 Å². The third-order valence-corrected chi connectivity index (χ3v) is 5.63. The molecule has 33 heavy (non-hydrogen) atoms. The summed E-state index contributed by atoms with van der Waals surface area (Å²) in [7, 11) is -3.50. The highest BCUT2D eigenvalue weighted by Crippen LogP contribution is 2.28. The normalized spacial score (nSPS) is 11.0. The quantitative estimate of drug-likeness (QED) is 0.308. The van der Waals surface area contributed by atoms with Crippen molar-refractivity contribution in [1.82, 2.24) is 0 Å². The van der Waals surface area contributed by atoms with Crippen LogP contribution in [0.4, 0.5) is 22.7 Å². The summed E-state index contributed by atoms with van der Waals surface area (Å²) in [6.07, 6.45) is 1.03. The third-order valence-electron chi connectivity index (χ3n) is 4.67. The predicted molar refractivity (Wildman–Crippen MR) is 129 cm³/mol. The summed E-state index contributed by atoms with van der Waals surface area (Å²) in [6.45, 7) is 1.99. The Balaban J connectivity index is 1.80. The highest BCUT2D eigenvalue weighted by atomic mass is 35.5. The number of hydrogen-bond donors (Lipinski definition) is 3. The van der Waals surface area contributed by atoms with E-state index in [1.807, 2.05) is 6.07 Å². The summed E-state index contributed by atoms with van der Waals surface area (Å²) in [6, 6.07) is 15.9. The van der Waals surface area contributed by atoms with Crippen molar-refractivity contribution in [2.24, 2.45) is 0 Å². The van der Waals surface area contributed by atoms with Crippen LogP contribution in [-0.2, 0) is 16.6 Å². The maximum absolute atomic E-state index is 12.7. The molecule has 11 heteroatoms. The molecule has 0 aliphatic heterocycles. The first-order chi connectivity index (χ1) is 15.5. The predicted octanol–water partition coefficient (Wildman–Crippen LogP) is 4.79. The Morgan fingerprint density at radius 1 is 1.06 bits per heavy atom.